The molecule has 94 valence electrons. The highest BCUT2D eigenvalue weighted by atomic mass is 35.5. The molecule has 0 saturated heterocycles. The van der Waals surface area contributed by atoms with Crippen LogP contribution in [-0.2, 0) is 6.54 Å². The number of phenolic OH excluding ortho intramolecular Hbond substituents is 1. The fourth-order valence-electron chi connectivity index (χ4n) is 1.72. The van der Waals surface area contributed by atoms with Gasteiger partial charge >= 0.3 is 0 Å². The van der Waals surface area contributed by atoms with Crippen molar-refractivity contribution >= 4 is 23.2 Å². The number of hydrogen-bond donors (Lipinski definition) is 2. The van der Waals surface area contributed by atoms with Crippen LogP contribution in [0.25, 0.3) is 11.1 Å². The molecule has 0 saturated carbocycles. The molecule has 0 aliphatic heterocycles. The number of aromatic hydroxyl groups is 1. The Kier molecular flexibility index (Phi) is 3.76. The van der Waals surface area contributed by atoms with E-state index < -0.39 is 5.82 Å². The quantitative estimate of drug-likeness (QED) is 0.877. The molecule has 0 aliphatic carbocycles. The number of rotatable bonds is 2. The van der Waals surface area contributed by atoms with E-state index in [-0.39, 0.29) is 12.3 Å². The molecule has 0 amide bonds. The summed E-state index contributed by atoms with van der Waals surface area (Å²) < 4.78 is 13.8. The average molecular weight is 286 g/mol. The van der Waals surface area contributed by atoms with Crippen molar-refractivity contribution in [1.82, 2.24) is 0 Å². The molecule has 5 heteroatoms. The van der Waals surface area contributed by atoms with Crippen molar-refractivity contribution < 1.29 is 9.50 Å². The molecule has 2 aromatic rings. The maximum atomic E-state index is 13.8. The van der Waals surface area contributed by atoms with Crippen LogP contribution in [0.5, 0.6) is 5.75 Å². The van der Waals surface area contributed by atoms with Crippen molar-refractivity contribution in [3.8, 4) is 16.9 Å². The third-order valence-corrected chi connectivity index (χ3v) is 3.42. The van der Waals surface area contributed by atoms with Crippen LogP contribution in [0, 0.1) is 5.82 Å². The lowest BCUT2D eigenvalue weighted by atomic mass is 10.0. The highest BCUT2D eigenvalue weighted by Gasteiger charge is 2.14. The second-order valence-electron chi connectivity index (χ2n) is 3.76. The molecule has 2 rings (SSSR count). The van der Waals surface area contributed by atoms with Crippen LogP contribution in [0.4, 0.5) is 4.39 Å². The minimum atomic E-state index is -0.554. The van der Waals surface area contributed by atoms with E-state index >= 15 is 0 Å². The van der Waals surface area contributed by atoms with Gasteiger partial charge in [0.2, 0.25) is 0 Å². The van der Waals surface area contributed by atoms with E-state index in [0.717, 1.165) is 6.07 Å². The smallest absolute Gasteiger partial charge is 0.134 e. The fraction of sp³-hybridized carbons (Fsp3) is 0.0769. The third-order valence-electron chi connectivity index (χ3n) is 2.63. The van der Waals surface area contributed by atoms with Gasteiger partial charge in [-0.3, -0.25) is 0 Å². The Morgan fingerprint density at radius 1 is 1.11 bits per heavy atom. The standard InChI is InChI=1S/C13H10Cl2FNO/c14-11-4-3-9(13(15)10(11)6-17)8-2-1-7(18)5-12(8)16/h1-5,18H,6,17H2. The maximum absolute atomic E-state index is 13.8. The summed E-state index contributed by atoms with van der Waals surface area (Å²) >= 11 is 12.1. The number of halogens is 3. The van der Waals surface area contributed by atoms with Crippen LogP contribution in [-0.4, -0.2) is 5.11 Å². The zero-order chi connectivity index (χ0) is 13.3. The van der Waals surface area contributed by atoms with Gasteiger partial charge in [-0.1, -0.05) is 29.3 Å². The van der Waals surface area contributed by atoms with Crippen molar-refractivity contribution in [3.05, 3.63) is 51.8 Å². The molecule has 0 heterocycles. The van der Waals surface area contributed by atoms with E-state index in [9.17, 15) is 9.50 Å². The molecule has 0 aromatic heterocycles. The molecule has 2 nitrogen and oxygen atoms in total. The minimum absolute atomic E-state index is 0.139. The first-order valence-corrected chi connectivity index (χ1v) is 5.96. The molecular weight excluding hydrogens is 276 g/mol. The van der Waals surface area contributed by atoms with Crippen molar-refractivity contribution in [2.75, 3.05) is 0 Å². The fourth-order valence-corrected chi connectivity index (χ4v) is 2.34. The SMILES string of the molecule is NCc1c(Cl)ccc(-c2ccc(O)cc2F)c1Cl. The molecule has 0 fully saturated rings. The van der Waals surface area contributed by atoms with E-state index in [2.05, 4.69) is 0 Å². The molecule has 0 atom stereocenters. The summed E-state index contributed by atoms with van der Waals surface area (Å²) in [5, 5.41) is 9.96. The second kappa shape index (κ2) is 5.14. The third kappa shape index (κ3) is 2.29. The Labute approximate surface area is 114 Å². The van der Waals surface area contributed by atoms with Gasteiger partial charge in [-0.05, 0) is 18.2 Å². The highest BCUT2D eigenvalue weighted by Crippen LogP contribution is 2.36. The normalized spacial score (nSPS) is 10.7. The van der Waals surface area contributed by atoms with Gasteiger partial charge < -0.3 is 10.8 Å². The summed E-state index contributed by atoms with van der Waals surface area (Å²) in [7, 11) is 0. The number of benzene rings is 2. The van der Waals surface area contributed by atoms with E-state index in [1.165, 1.54) is 12.1 Å². The first kappa shape index (κ1) is 13.1. The van der Waals surface area contributed by atoms with Crippen LogP contribution in [0.1, 0.15) is 5.56 Å². The lowest BCUT2D eigenvalue weighted by Crippen LogP contribution is -1.99. The largest absolute Gasteiger partial charge is 0.508 e. The van der Waals surface area contributed by atoms with Gasteiger partial charge in [0.25, 0.3) is 0 Å². The Morgan fingerprint density at radius 3 is 2.39 bits per heavy atom. The van der Waals surface area contributed by atoms with Crippen LogP contribution < -0.4 is 5.73 Å². The van der Waals surface area contributed by atoms with Gasteiger partial charge in [0.05, 0.1) is 5.02 Å². The zero-order valence-corrected chi connectivity index (χ0v) is 10.8. The lowest BCUT2D eigenvalue weighted by Gasteiger charge is -2.11. The van der Waals surface area contributed by atoms with E-state index in [0.29, 0.717) is 26.7 Å². The van der Waals surface area contributed by atoms with Crippen molar-refractivity contribution in [2.45, 2.75) is 6.54 Å². The highest BCUT2D eigenvalue weighted by molar-refractivity contribution is 6.37. The number of phenols is 1. The first-order valence-electron chi connectivity index (χ1n) is 5.20. The van der Waals surface area contributed by atoms with E-state index in [1.54, 1.807) is 12.1 Å². The van der Waals surface area contributed by atoms with Crippen molar-refractivity contribution in [2.24, 2.45) is 5.73 Å². The van der Waals surface area contributed by atoms with Gasteiger partial charge in [0, 0.05) is 34.3 Å². The molecular formula is C13H10Cl2FNO. The summed E-state index contributed by atoms with van der Waals surface area (Å²) in [6.07, 6.45) is 0. The van der Waals surface area contributed by atoms with Gasteiger partial charge in [0.15, 0.2) is 0 Å². The molecule has 2 aromatic carbocycles. The number of hydrogen-bond acceptors (Lipinski definition) is 2. The predicted octanol–water partition coefficient (Wildman–Crippen LogP) is 3.96. The summed E-state index contributed by atoms with van der Waals surface area (Å²) in [6, 6.07) is 7.13. The average Bonchev–Trinajstić information content (AvgIpc) is 2.31. The topological polar surface area (TPSA) is 46.2 Å². The van der Waals surface area contributed by atoms with Crippen LogP contribution in [0.15, 0.2) is 30.3 Å². The van der Waals surface area contributed by atoms with Crippen molar-refractivity contribution in [1.29, 1.82) is 0 Å². The molecule has 0 bridgehead atoms. The number of nitrogens with two attached hydrogens (primary N) is 1. The monoisotopic (exact) mass is 285 g/mol. The van der Waals surface area contributed by atoms with E-state index in [1.807, 2.05) is 0 Å². The first-order chi connectivity index (χ1) is 8.54. The predicted molar refractivity (Wildman–Crippen MR) is 71.4 cm³/mol. The second-order valence-corrected chi connectivity index (χ2v) is 4.54. The maximum Gasteiger partial charge on any atom is 0.134 e. The van der Waals surface area contributed by atoms with Gasteiger partial charge in [-0.25, -0.2) is 4.39 Å². The summed E-state index contributed by atoms with van der Waals surface area (Å²) in [4.78, 5) is 0. The molecule has 0 spiro atoms. The minimum Gasteiger partial charge on any atom is -0.508 e. The van der Waals surface area contributed by atoms with Gasteiger partial charge in [-0.15, -0.1) is 0 Å². The molecule has 3 N–H and O–H groups in total. The Hall–Kier alpha value is -1.29. The van der Waals surface area contributed by atoms with Crippen LogP contribution >= 0.6 is 23.2 Å². The van der Waals surface area contributed by atoms with Gasteiger partial charge in [-0.2, -0.15) is 0 Å². The van der Waals surface area contributed by atoms with Crippen LogP contribution in [0.3, 0.4) is 0 Å². The molecule has 0 radical (unpaired) electrons. The molecule has 18 heavy (non-hydrogen) atoms. The van der Waals surface area contributed by atoms with Gasteiger partial charge in [0.1, 0.15) is 11.6 Å². The Morgan fingerprint density at radius 2 is 1.78 bits per heavy atom. The summed E-state index contributed by atoms with van der Waals surface area (Å²) in [5.41, 5.74) is 6.93. The zero-order valence-electron chi connectivity index (χ0n) is 9.25. The summed E-state index contributed by atoms with van der Waals surface area (Å²) in [6.45, 7) is 0.172. The Balaban J connectivity index is 2.64. The van der Waals surface area contributed by atoms with Crippen molar-refractivity contribution in [3.63, 3.8) is 0 Å². The van der Waals surface area contributed by atoms with E-state index in [4.69, 9.17) is 28.9 Å². The Bertz CT molecular complexity index is 602. The lowest BCUT2D eigenvalue weighted by molar-refractivity contribution is 0.469. The van der Waals surface area contributed by atoms with Crippen LogP contribution in [0.2, 0.25) is 10.0 Å². The molecule has 0 unspecified atom stereocenters. The summed E-state index contributed by atoms with van der Waals surface area (Å²) in [5.74, 6) is -0.692. The molecule has 0 aliphatic rings.